The molecular weight excluding hydrogens is 510 g/mol. The smallest absolute Gasteiger partial charge is 0.342 e. The van der Waals surface area contributed by atoms with Crippen molar-refractivity contribution >= 4 is 25.9 Å². The Morgan fingerprint density at radius 1 is 1.23 bits per heavy atom. The maximum Gasteiger partial charge on any atom is 0.342 e. The molecule has 3 aromatic rings. The minimum atomic E-state index is -1.73. The molecule has 0 saturated heterocycles. The van der Waals surface area contributed by atoms with Gasteiger partial charge in [-0.1, -0.05) is 50.3 Å². The van der Waals surface area contributed by atoms with Crippen molar-refractivity contribution in [3.63, 3.8) is 0 Å². The highest BCUT2D eigenvalue weighted by molar-refractivity contribution is 6.77. The molecule has 6 rings (SSSR count). The number of benzene rings is 1. The molecule has 2 N–H and O–H groups in total. The Bertz CT molecular complexity index is 1600. The fourth-order valence-electron chi connectivity index (χ4n) is 6.21. The number of carbonyl (C=O) groups is 1. The van der Waals surface area contributed by atoms with Crippen LogP contribution in [0.5, 0.6) is 0 Å². The molecule has 1 atom stereocenters. The number of ether oxygens (including phenoxy) is 1. The van der Waals surface area contributed by atoms with E-state index in [1.807, 2.05) is 4.68 Å². The highest BCUT2D eigenvalue weighted by Crippen LogP contribution is 2.36. The molecule has 10 heteroatoms. The monoisotopic (exact) mass is 545 g/mol. The van der Waals surface area contributed by atoms with Gasteiger partial charge in [0, 0.05) is 26.6 Å². The number of aliphatic hydroxyl groups is 2. The number of rotatable bonds is 8. The second-order valence-electron chi connectivity index (χ2n) is 11.7. The summed E-state index contributed by atoms with van der Waals surface area (Å²) in [5, 5.41) is 27.3. The van der Waals surface area contributed by atoms with Crippen LogP contribution in [-0.2, 0) is 35.5 Å². The molecule has 0 radical (unpaired) electrons. The van der Waals surface area contributed by atoms with Crippen molar-refractivity contribution in [1.29, 1.82) is 0 Å². The number of hydrogen-bond acceptors (Lipinski definition) is 7. The summed E-state index contributed by atoms with van der Waals surface area (Å²) in [7, 11) is -1.41. The molecule has 0 amide bonds. The number of fused-ring (bicyclic) bond motifs is 4. The predicted octanol–water partition coefficient (Wildman–Crippen LogP) is 2.22. The van der Waals surface area contributed by atoms with Crippen molar-refractivity contribution in [3.05, 3.63) is 75.2 Å². The largest absolute Gasteiger partial charge is 0.505 e. The van der Waals surface area contributed by atoms with Crippen LogP contribution in [0.3, 0.4) is 0 Å². The van der Waals surface area contributed by atoms with Gasteiger partial charge in [0.15, 0.2) is 5.60 Å². The number of aryl methyl sites for hydroxylation is 2. The zero-order valence-electron chi connectivity index (χ0n) is 22.8. The van der Waals surface area contributed by atoms with Crippen molar-refractivity contribution < 1.29 is 19.7 Å². The first-order valence-electron chi connectivity index (χ1n) is 13.8. The lowest BCUT2D eigenvalue weighted by Crippen LogP contribution is -2.49. The predicted molar refractivity (Wildman–Crippen MR) is 149 cm³/mol. The van der Waals surface area contributed by atoms with Crippen molar-refractivity contribution in [3.8, 4) is 0 Å². The third kappa shape index (κ3) is 4.45. The average molecular weight is 546 g/mol. The van der Waals surface area contributed by atoms with Gasteiger partial charge in [-0.15, -0.1) is 0 Å². The number of aliphatic hydroxyl groups excluding tert-OH is 1. The Morgan fingerprint density at radius 2 is 2.08 bits per heavy atom. The van der Waals surface area contributed by atoms with Crippen LogP contribution >= 0.6 is 0 Å². The second-order valence-corrected chi connectivity index (χ2v) is 17.0. The molecular formula is C29H35N5O4Si. The lowest BCUT2D eigenvalue weighted by Gasteiger charge is -2.35. The fraction of sp³-hybridized carbons (Fsp3) is 0.448. The molecule has 1 aromatic carbocycles. The van der Waals surface area contributed by atoms with Crippen molar-refractivity contribution in [2.24, 2.45) is 0 Å². The van der Waals surface area contributed by atoms with Gasteiger partial charge in [-0.2, -0.15) is 5.10 Å². The van der Waals surface area contributed by atoms with Gasteiger partial charge < -0.3 is 19.5 Å². The first-order chi connectivity index (χ1) is 18.7. The minimum absolute atomic E-state index is 0.0373. The number of imidazole rings is 1. The van der Waals surface area contributed by atoms with E-state index in [1.165, 1.54) is 23.2 Å². The second kappa shape index (κ2) is 9.60. The summed E-state index contributed by atoms with van der Waals surface area (Å²) in [6.45, 7) is 8.17. The molecule has 39 heavy (non-hydrogen) atoms. The SMILES string of the molecule is CC[C@@]1(O)C(=O)OCC2=C1Cc1nc3n(c1=C2O)Cc1c(cccc1CC[Si](C)(C)CCCn1cncn1)C=3. The van der Waals surface area contributed by atoms with E-state index in [2.05, 4.69) is 52.0 Å². The number of cyclic esters (lactones) is 1. The molecule has 2 aromatic heterocycles. The van der Waals surface area contributed by atoms with E-state index >= 15 is 0 Å². The molecule has 0 unspecified atom stereocenters. The highest BCUT2D eigenvalue weighted by atomic mass is 28.3. The first-order valence-corrected chi connectivity index (χ1v) is 17.2. The maximum absolute atomic E-state index is 12.4. The Morgan fingerprint density at radius 3 is 2.85 bits per heavy atom. The zero-order chi connectivity index (χ0) is 27.4. The summed E-state index contributed by atoms with van der Waals surface area (Å²) in [4.78, 5) is 21.3. The summed E-state index contributed by atoms with van der Waals surface area (Å²) in [5.41, 5.74) is 4.54. The Kier molecular flexibility index (Phi) is 6.34. The van der Waals surface area contributed by atoms with Gasteiger partial charge in [-0.05, 0) is 47.6 Å². The van der Waals surface area contributed by atoms with Gasteiger partial charge in [0.2, 0.25) is 0 Å². The molecule has 0 saturated carbocycles. The van der Waals surface area contributed by atoms with Gasteiger partial charge >= 0.3 is 5.97 Å². The molecule has 0 spiro atoms. The van der Waals surface area contributed by atoms with E-state index in [0.29, 0.717) is 35.2 Å². The van der Waals surface area contributed by atoms with Crippen LogP contribution in [0.25, 0.3) is 11.8 Å². The van der Waals surface area contributed by atoms with E-state index in [4.69, 9.17) is 9.72 Å². The van der Waals surface area contributed by atoms with Crippen LogP contribution < -0.4 is 10.8 Å². The van der Waals surface area contributed by atoms with Crippen LogP contribution in [0.4, 0.5) is 0 Å². The van der Waals surface area contributed by atoms with Crippen LogP contribution in [0.15, 0.2) is 42.0 Å². The van der Waals surface area contributed by atoms with Crippen molar-refractivity contribution in [1.82, 2.24) is 24.3 Å². The Labute approximate surface area is 228 Å². The summed E-state index contributed by atoms with van der Waals surface area (Å²) < 4.78 is 9.26. The fourth-order valence-corrected chi connectivity index (χ4v) is 8.52. The molecule has 1 aliphatic carbocycles. The van der Waals surface area contributed by atoms with Gasteiger partial charge in [-0.25, -0.2) is 14.8 Å². The van der Waals surface area contributed by atoms with E-state index in [1.54, 1.807) is 19.6 Å². The quantitative estimate of drug-likeness (QED) is 0.258. The zero-order valence-corrected chi connectivity index (χ0v) is 23.8. The summed E-state index contributed by atoms with van der Waals surface area (Å²) in [6.07, 6.45) is 8.09. The topological polar surface area (TPSA) is 115 Å². The Hall–Kier alpha value is -3.50. The molecule has 2 aliphatic heterocycles. The van der Waals surface area contributed by atoms with Crippen molar-refractivity contribution in [2.75, 3.05) is 6.61 Å². The molecule has 3 aliphatic rings. The third-order valence-electron chi connectivity index (χ3n) is 8.67. The summed E-state index contributed by atoms with van der Waals surface area (Å²) in [6, 6.07) is 8.92. The summed E-state index contributed by atoms with van der Waals surface area (Å²) in [5.74, 6) is -0.600. The van der Waals surface area contributed by atoms with Crippen LogP contribution in [0, 0.1) is 0 Å². The number of aromatic nitrogens is 5. The number of carbonyl (C=O) groups excluding carboxylic acids is 1. The lowest BCUT2D eigenvalue weighted by atomic mass is 9.80. The van der Waals surface area contributed by atoms with Gasteiger partial charge in [0.05, 0.1) is 12.2 Å². The van der Waals surface area contributed by atoms with E-state index < -0.39 is 19.6 Å². The van der Waals surface area contributed by atoms with E-state index in [-0.39, 0.29) is 18.8 Å². The average Bonchev–Trinajstić information content (AvgIpc) is 3.56. The van der Waals surface area contributed by atoms with Gasteiger partial charge in [0.25, 0.3) is 0 Å². The molecule has 0 fully saturated rings. The first kappa shape index (κ1) is 25.8. The standard InChI is InChI=1S/C29H35N5O4Si/c1-4-29(37)23-14-24-26(27(35)22(23)16-38-28(29)36)34-15-21-19(7-5-8-20(21)13-25(34)32-24)9-12-39(2,3)11-6-10-33-18-30-17-31-33/h5,7-8,13,17-18,35,37H,4,6,9-12,14-16H2,1-3H3/t29-/m0/s1. The van der Waals surface area contributed by atoms with Gasteiger partial charge in [-0.3, -0.25) is 4.68 Å². The minimum Gasteiger partial charge on any atom is -0.505 e. The van der Waals surface area contributed by atoms with Gasteiger partial charge in [0.1, 0.15) is 35.8 Å². The van der Waals surface area contributed by atoms with E-state index in [0.717, 1.165) is 30.4 Å². The number of esters is 1. The van der Waals surface area contributed by atoms with Crippen LogP contribution in [-0.4, -0.2) is 60.8 Å². The highest BCUT2D eigenvalue weighted by Gasteiger charge is 2.47. The van der Waals surface area contributed by atoms with Crippen LogP contribution in [0.2, 0.25) is 25.2 Å². The number of hydrogen-bond donors (Lipinski definition) is 2. The normalized spacial score (nSPS) is 20.1. The van der Waals surface area contributed by atoms with Crippen LogP contribution in [0.1, 0.15) is 42.1 Å². The number of nitrogens with zero attached hydrogens (tertiary/aromatic N) is 5. The van der Waals surface area contributed by atoms with E-state index in [9.17, 15) is 15.0 Å². The molecule has 4 heterocycles. The lowest BCUT2D eigenvalue weighted by molar-refractivity contribution is -0.163. The molecule has 0 bridgehead atoms. The third-order valence-corrected chi connectivity index (χ3v) is 12.0. The summed E-state index contributed by atoms with van der Waals surface area (Å²) >= 11 is 0. The molecule has 204 valence electrons. The van der Waals surface area contributed by atoms with Crippen molar-refractivity contribution in [2.45, 2.75) is 76.5 Å². The maximum atomic E-state index is 12.4. The molecule has 9 nitrogen and oxygen atoms in total. The Balaban J connectivity index is 1.27.